The summed E-state index contributed by atoms with van der Waals surface area (Å²) < 4.78 is 10.7. The van der Waals surface area contributed by atoms with E-state index in [9.17, 15) is 9.59 Å². The summed E-state index contributed by atoms with van der Waals surface area (Å²) in [5.74, 6) is 0.877. The van der Waals surface area contributed by atoms with E-state index in [0.717, 1.165) is 24.5 Å². The monoisotopic (exact) mass is 373 g/mol. The Morgan fingerprint density at radius 2 is 1.52 bits per heavy atom. The van der Waals surface area contributed by atoms with Gasteiger partial charge in [0.2, 0.25) is 11.8 Å². The molecule has 4 rings (SSSR count). The summed E-state index contributed by atoms with van der Waals surface area (Å²) in [6.45, 7) is 5.42. The standard InChI is InChI=1S/C20H27N3O4/c1-26-18-5-3-2-4-17(18)21-6-8-22(9-7-21)19(24)15-14-16(15)20(25)23-10-12-27-13-11-23/h2-5,15-16H,6-14H2,1H3. The van der Waals surface area contributed by atoms with Gasteiger partial charge in [-0.2, -0.15) is 0 Å². The molecule has 2 saturated heterocycles. The summed E-state index contributed by atoms with van der Waals surface area (Å²) in [4.78, 5) is 31.4. The average molecular weight is 373 g/mol. The van der Waals surface area contributed by atoms with Gasteiger partial charge in [0.25, 0.3) is 0 Å². The summed E-state index contributed by atoms with van der Waals surface area (Å²) in [7, 11) is 1.68. The van der Waals surface area contributed by atoms with Crippen molar-refractivity contribution in [1.29, 1.82) is 0 Å². The van der Waals surface area contributed by atoms with Gasteiger partial charge in [0.15, 0.2) is 0 Å². The van der Waals surface area contributed by atoms with Gasteiger partial charge in [0.1, 0.15) is 5.75 Å². The molecule has 27 heavy (non-hydrogen) atoms. The van der Waals surface area contributed by atoms with Gasteiger partial charge in [0.05, 0.1) is 37.8 Å². The lowest BCUT2D eigenvalue weighted by atomic mass is 10.2. The molecule has 7 heteroatoms. The van der Waals surface area contributed by atoms with Crippen molar-refractivity contribution in [2.45, 2.75) is 6.42 Å². The minimum atomic E-state index is -0.127. The van der Waals surface area contributed by atoms with E-state index < -0.39 is 0 Å². The number of ether oxygens (including phenoxy) is 2. The number of rotatable bonds is 4. The highest BCUT2D eigenvalue weighted by atomic mass is 16.5. The number of benzene rings is 1. The van der Waals surface area contributed by atoms with E-state index in [1.54, 1.807) is 7.11 Å². The van der Waals surface area contributed by atoms with Crippen LogP contribution >= 0.6 is 0 Å². The van der Waals surface area contributed by atoms with Crippen molar-refractivity contribution in [3.8, 4) is 5.75 Å². The first-order valence-corrected chi connectivity index (χ1v) is 9.72. The number of amides is 2. The predicted molar refractivity (Wildman–Crippen MR) is 101 cm³/mol. The SMILES string of the molecule is COc1ccccc1N1CCN(C(=O)C2CC2C(=O)N2CCOCC2)CC1. The molecule has 7 nitrogen and oxygen atoms in total. The third-order valence-corrected chi connectivity index (χ3v) is 5.76. The van der Waals surface area contributed by atoms with E-state index in [1.165, 1.54) is 0 Å². The lowest BCUT2D eigenvalue weighted by Crippen LogP contribution is -2.49. The molecule has 0 spiro atoms. The highest BCUT2D eigenvalue weighted by Crippen LogP contribution is 2.42. The van der Waals surface area contributed by atoms with Crippen molar-refractivity contribution in [3.05, 3.63) is 24.3 Å². The van der Waals surface area contributed by atoms with Gasteiger partial charge in [-0.3, -0.25) is 9.59 Å². The summed E-state index contributed by atoms with van der Waals surface area (Å²) in [5.41, 5.74) is 1.07. The summed E-state index contributed by atoms with van der Waals surface area (Å²) in [6, 6.07) is 7.97. The Bertz CT molecular complexity index is 696. The first-order valence-electron chi connectivity index (χ1n) is 9.72. The van der Waals surface area contributed by atoms with Gasteiger partial charge in [-0.15, -0.1) is 0 Å². The summed E-state index contributed by atoms with van der Waals surface area (Å²) in [5, 5.41) is 0. The Morgan fingerprint density at radius 1 is 0.926 bits per heavy atom. The largest absolute Gasteiger partial charge is 0.495 e. The summed E-state index contributed by atoms with van der Waals surface area (Å²) in [6.07, 6.45) is 0.696. The van der Waals surface area contributed by atoms with Gasteiger partial charge in [-0.05, 0) is 18.6 Å². The molecule has 0 aromatic heterocycles. The second-order valence-electron chi connectivity index (χ2n) is 7.37. The molecule has 1 aliphatic carbocycles. The third kappa shape index (κ3) is 3.74. The maximum Gasteiger partial charge on any atom is 0.226 e. The number of carbonyl (C=O) groups excluding carboxylic acids is 2. The van der Waals surface area contributed by atoms with Crippen molar-refractivity contribution in [1.82, 2.24) is 9.80 Å². The van der Waals surface area contributed by atoms with Crippen molar-refractivity contribution >= 4 is 17.5 Å². The Balaban J connectivity index is 1.30. The molecule has 0 bridgehead atoms. The van der Waals surface area contributed by atoms with Crippen LogP contribution in [0.15, 0.2) is 24.3 Å². The molecule has 2 heterocycles. The maximum absolute atomic E-state index is 12.8. The Kier molecular flexibility index (Phi) is 5.20. The molecule has 3 fully saturated rings. The number of anilines is 1. The number of hydrogen-bond acceptors (Lipinski definition) is 5. The number of para-hydroxylation sites is 2. The lowest BCUT2D eigenvalue weighted by molar-refractivity contribution is -0.140. The number of carbonyl (C=O) groups is 2. The van der Waals surface area contributed by atoms with Crippen LogP contribution in [-0.2, 0) is 14.3 Å². The second kappa shape index (κ2) is 7.76. The predicted octanol–water partition coefficient (Wildman–Crippen LogP) is 0.839. The fourth-order valence-corrected chi connectivity index (χ4v) is 4.05. The molecule has 1 saturated carbocycles. The highest BCUT2D eigenvalue weighted by Gasteiger charge is 2.51. The summed E-state index contributed by atoms with van der Waals surface area (Å²) >= 11 is 0. The minimum absolute atomic E-state index is 0.122. The number of morpholine rings is 1. The van der Waals surface area contributed by atoms with Crippen LogP contribution in [0.3, 0.4) is 0 Å². The van der Waals surface area contributed by atoms with Crippen molar-refractivity contribution in [2.24, 2.45) is 11.8 Å². The molecule has 2 unspecified atom stereocenters. The van der Waals surface area contributed by atoms with Gasteiger partial charge in [-0.25, -0.2) is 0 Å². The Hall–Kier alpha value is -2.28. The van der Waals surface area contributed by atoms with E-state index in [4.69, 9.17) is 9.47 Å². The van der Waals surface area contributed by atoms with Crippen molar-refractivity contribution in [2.75, 3.05) is 64.5 Å². The molecule has 2 amide bonds. The molecule has 3 aliphatic rings. The first kappa shape index (κ1) is 18.1. The second-order valence-corrected chi connectivity index (χ2v) is 7.37. The smallest absolute Gasteiger partial charge is 0.226 e. The highest BCUT2D eigenvalue weighted by molar-refractivity contribution is 5.92. The number of piperazine rings is 1. The van der Waals surface area contributed by atoms with E-state index in [2.05, 4.69) is 4.90 Å². The zero-order chi connectivity index (χ0) is 18.8. The molecule has 146 valence electrons. The first-order chi connectivity index (χ1) is 13.2. The van der Waals surface area contributed by atoms with Gasteiger partial charge in [-0.1, -0.05) is 12.1 Å². The fraction of sp³-hybridized carbons (Fsp3) is 0.600. The van der Waals surface area contributed by atoms with Crippen LogP contribution < -0.4 is 9.64 Å². The van der Waals surface area contributed by atoms with Crippen LogP contribution in [0.25, 0.3) is 0 Å². The van der Waals surface area contributed by atoms with Crippen molar-refractivity contribution < 1.29 is 19.1 Å². The van der Waals surface area contributed by atoms with E-state index in [1.807, 2.05) is 34.1 Å². The van der Waals surface area contributed by atoms with Crippen molar-refractivity contribution in [3.63, 3.8) is 0 Å². The quantitative estimate of drug-likeness (QED) is 0.783. The zero-order valence-corrected chi connectivity index (χ0v) is 15.8. The van der Waals surface area contributed by atoms with Gasteiger partial charge >= 0.3 is 0 Å². The van der Waals surface area contributed by atoms with E-state index >= 15 is 0 Å². The minimum Gasteiger partial charge on any atom is -0.495 e. The van der Waals surface area contributed by atoms with Gasteiger partial charge < -0.3 is 24.2 Å². The number of methoxy groups -OCH3 is 1. The Labute approximate surface area is 159 Å². The van der Waals surface area contributed by atoms with Crippen LogP contribution in [0, 0.1) is 11.8 Å². The van der Waals surface area contributed by atoms with Crippen LogP contribution in [-0.4, -0.2) is 81.2 Å². The number of nitrogens with zero attached hydrogens (tertiary/aromatic N) is 3. The van der Waals surface area contributed by atoms with Crippen LogP contribution in [0.2, 0.25) is 0 Å². The lowest BCUT2D eigenvalue weighted by Gasteiger charge is -2.36. The van der Waals surface area contributed by atoms with Crippen LogP contribution in [0.1, 0.15) is 6.42 Å². The molecular weight excluding hydrogens is 346 g/mol. The number of hydrogen-bond donors (Lipinski definition) is 0. The van der Waals surface area contributed by atoms with Gasteiger partial charge in [0, 0.05) is 39.3 Å². The molecule has 1 aromatic carbocycles. The topological polar surface area (TPSA) is 62.3 Å². The van der Waals surface area contributed by atoms with Crippen LogP contribution in [0.5, 0.6) is 5.75 Å². The molecule has 0 N–H and O–H groups in total. The normalized spacial score (nSPS) is 25.3. The van der Waals surface area contributed by atoms with E-state index in [-0.39, 0.29) is 23.7 Å². The average Bonchev–Trinajstić information content (AvgIpc) is 3.54. The maximum atomic E-state index is 12.8. The molecule has 0 radical (unpaired) electrons. The van der Waals surface area contributed by atoms with Crippen LogP contribution in [0.4, 0.5) is 5.69 Å². The Morgan fingerprint density at radius 3 is 2.15 bits per heavy atom. The zero-order valence-electron chi connectivity index (χ0n) is 15.8. The molecule has 1 aromatic rings. The third-order valence-electron chi connectivity index (χ3n) is 5.76. The van der Waals surface area contributed by atoms with E-state index in [0.29, 0.717) is 45.8 Å². The molecular formula is C20H27N3O4. The molecule has 2 aliphatic heterocycles. The fourth-order valence-electron chi connectivity index (χ4n) is 4.05. The molecule has 2 atom stereocenters.